The van der Waals surface area contributed by atoms with E-state index >= 15 is 0 Å². The molecule has 2 N–H and O–H groups in total. The summed E-state index contributed by atoms with van der Waals surface area (Å²) < 4.78 is 0. The van der Waals surface area contributed by atoms with E-state index in [1.165, 1.54) is 44.3 Å². The summed E-state index contributed by atoms with van der Waals surface area (Å²) in [6, 6.07) is 2.89. The second-order valence-electron chi connectivity index (χ2n) is 5.99. The number of likely N-dealkylation sites (tertiary alicyclic amines) is 1. The van der Waals surface area contributed by atoms with E-state index in [4.69, 9.17) is 0 Å². The Morgan fingerprint density at radius 2 is 2.26 bits per heavy atom. The third-order valence-corrected chi connectivity index (χ3v) is 4.93. The summed E-state index contributed by atoms with van der Waals surface area (Å²) in [5.74, 6) is 0.931. The molecule has 1 fully saturated rings. The lowest BCUT2D eigenvalue weighted by molar-refractivity contribution is 0.159. The molecule has 132 valence electrons. The molecule has 0 saturated carbocycles. The topological polar surface area (TPSA) is 39.7 Å². The molecule has 1 aliphatic rings. The number of aliphatic imine (C=N–C) groups is 1. The molecule has 1 saturated heterocycles. The number of guanidine groups is 1. The molecule has 23 heavy (non-hydrogen) atoms. The molecule has 1 unspecified atom stereocenters. The number of hydrogen-bond donors (Lipinski definition) is 2. The molecule has 0 bridgehead atoms. The highest BCUT2D eigenvalue weighted by Crippen LogP contribution is 2.16. The van der Waals surface area contributed by atoms with E-state index < -0.39 is 0 Å². The van der Waals surface area contributed by atoms with E-state index in [0.29, 0.717) is 0 Å². The third kappa shape index (κ3) is 7.85. The smallest absolute Gasteiger partial charge is 0.191 e. The first-order valence-corrected chi connectivity index (χ1v) is 9.51. The highest BCUT2D eigenvalue weighted by molar-refractivity contribution is 14.0. The maximum absolute atomic E-state index is 4.64. The lowest BCUT2D eigenvalue weighted by Crippen LogP contribution is -2.41. The Morgan fingerprint density at radius 1 is 1.39 bits per heavy atom. The molecule has 1 aromatic rings. The Bertz CT molecular complexity index is 436. The molecule has 0 spiro atoms. The Morgan fingerprint density at radius 3 is 2.96 bits per heavy atom. The van der Waals surface area contributed by atoms with Gasteiger partial charge in [0.05, 0.1) is 6.54 Å². The van der Waals surface area contributed by atoms with Gasteiger partial charge < -0.3 is 15.5 Å². The lowest BCUT2D eigenvalue weighted by Gasteiger charge is -2.33. The standard InChI is InChI=1S/C17H30N4S.HI/c1-3-18-17(20-13-16-8-12-22-14-16)19-9-6-11-21-10-5-4-7-15(21)2;/h8,12,14-15H,3-7,9-11,13H2,1-2H3,(H2,18,19,20);1H. The zero-order chi connectivity index (χ0) is 15.6. The van der Waals surface area contributed by atoms with E-state index in [1.807, 2.05) is 0 Å². The van der Waals surface area contributed by atoms with Crippen molar-refractivity contribution in [2.24, 2.45) is 4.99 Å². The van der Waals surface area contributed by atoms with Crippen molar-refractivity contribution in [1.29, 1.82) is 0 Å². The van der Waals surface area contributed by atoms with Crippen LogP contribution in [0.25, 0.3) is 0 Å². The summed E-state index contributed by atoms with van der Waals surface area (Å²) >= 11 is 1.73. The molecule has 4 nitrogen and oxygen atoms in total. The summed E-state index contributed by atoms with van der Waals surface area (Å²) in [6.07, 6.45) is 5.30. The molecular weight excluding hydrogens is 419 g/mol. The number of nitrogens with one attached hydrogen (secondary N) is 2. The second-order valence-corrected chi connectivity index (χ2v) is 6.77. The van der Waals surface area contributed by atoms with E-state index in [0.717, 1.165) is 31.6 Å². The maximum Gasteiger partial charge on any atom is 0.191 e. The molecule has 0 aromatic carbocycles. The van der Waals surface area contributed by atoms with Crippen molar-refractivity contribution < 1.29 is 0 Å². The van der Waals surface area contributed by atoms with Crippen molar-refractivity contribution in [2.45, 2.75) is 52.1 Å². The quantitative estimate of drug-likeness (QED) is 0.288. The minimum atomic E-state index is 0. The van der Waals surface area contributed by atoms with Gasteiger partial charge in [0.2, 0.25) is 0 Å². The zero-order valence-electron chi connectivity index (χ0n) is 14.4. The average molecular weight is 450 g/mol. The van der Waals surface area contributed by atoms with Crippen LogP contribution in [0.2, 0.25) is 0 Å². The van der Waals surface area contributed by atoms with Gasteiger partial charge in [-0.25, -0.2) is 4.99 Å². The molecule has 2 heterocycles. The largest absolute Gasteiger partial charge is 0.357 e. The van der Waals surface area contributed by atoms with Crippen LogP contribution in [-0.4, -0.2) is 43.1 Å². The fourth-order valence-corrected chi connectivity index (χ4v) is 3.53. The summed E-state index contributed by atoms with van der Waals surface area (Å²) in [4.78, 5) is 7.27. The fourth-order valence-electron chi connectivity index (χ4n) is 2.87. The Labute approximate surface area is 162 Å². The molecule has 2 rings (SSSR count). The number of rotatable bonds is 7. The predicted octanol–water partition coefficient (Wildman–Crippen LogP) is 3.69. The number of nitrogens with zero attached hydrogens (tertiary/aromatic N) is 2. The summed E-state index contributed by atoms with van der Waals surface area (Å²) in [6.45, 7) is 9.57. The van der Waals surface area contributed by atoms with E-state index in [9.17, 15) is 0 Å². The van der Waals surface area contributed by atoms with Crippen LogP contribution in [0.4, 0.5) is 0 Å². The first kappa shape index (κ1) is 20.7. The van der Waals surface area contributed by atoms with Gasteiger partial charge in [-0.1, -0.05) is 6.42 Å². The Kier molecular flexibility index (Phi) is 10.9. The second kappa shape index (κ2) is 12.1. The number of halogens is 1. The minimum absolute atomic E-state index is 0. The van der Waals surface area contributed by atoms with Crippen molar-refractivity contribution in [3.63, 3.8) is 0 Å². The number of thiophene rings is 1. The minimum Gasteiger partial charge on any atom is -0.357 e. The zero-order valence-corrected chi connectivity index (χ0v) is 17.5. The van der Waals surface area contributed by atoms with Crippen molar-refractivity contribution in [2.75, 3.05) is 26.2 Å². The van der Waals surface area contributed by atoms with E-state index in [-0.39, 0.29) is 24.0 Å². The normalized spacial score (nSPS) is 19.2. The lowest BCUT2D eigenvalue weighted by atomic mass is 10.0. The van der Waals surface area contributed by atoms with Crippen molar-refractivity contribution in [3.8, 4) is 0 Å². The highest BCUT2D eigenvalue weighted by Gasteiger charge is 2.16. The highest BCUT2D eigenvalue weighted by atomic mass is 127. The summed E-state index contributed by atoms with van der Waals surface area (Å²) in [7, 11) is 0. The van der Waals surface area contributed by atoms with Gasteiger partial charge in [0.15, 0.2) is 5.96 Å². The van der Waals surface area contributed by atoms with Gasteiger partial charge in [-0.05, 0) is 62.0 Å². The van der Waals surface area contributed by atoms with Gasteiger partial charge in [-0.2, -0.15) is 11.3 Å². The predicted molar refractivity (Wildman–Crippen MR) is 112 cm³/mol. The van der Waals surface area contributed by atoms with Crippen LogP contribution in [0.1, 0.15) is 45.1 Å². The van der Waals surface area contributed by atoms with Crippen molar-refractivity contribution in [1.82, 2.24) is 15.5 Å². The Balaban J connectivity index is 0.00000264. The molecule has 0 amide bonds. The maximum atomic E-state index is 4.64. The average Bonchev–Trinajstić information content (AvgIpc) is 3.04. The van der Waals surface area contributed by atoms with Crippen LogP contribution in [0.15, 0.2) is 21.8 Å². The van der Waals surface area contributed by atoms with Crippen molar-refractivity contribution >= 4 is 41.3 Å². The first-order valence-electron chi connectivity index (χ1n) is 8.57. The van der Waals surface area contributed by atoms with E-state index in [1.54, 1.807) is 11.3 Å². The van der Waals surface area contributed by atoms with Gasteiger partial charge in [-0.15, -0.1) is 24.0 Å². The summed E-state index contributed by atoms with van der Waals surface area (Å²) in [5, 5.41) is 11.0. The SMILES string of the molecule is CCNC(=NCc1ccsc1)NCCCN1CCCCC1C.I. The van der Waals surface area contributed by atoms with Gasteiger partial charge in [-0.3, -0.25) is 0 Å². The molecule has 1 aliphatic heterocycles. The summed E-state index contributed by atoms with van der Waals surface area (Å²) in [5.41, 5.74) is 1.28. The Hall–Kier alpha value is -0.340. The monoisotopic (exact) mass is 450 g/mol. The van der Waals surface area contributed by atoms with Crippen LogP contribution in [-0.2, 0) is 6.54 Å². The van der Waals surface area contributed by atoms with Crippen LogP contribution in [0.3, 0.4) is 0 Å². The van der Waals surface area contributed by atoms with Gasteiger partial charge in [0.1, 0.15) is 0 Å². The fraction of sp³-hybridized carbons (Fsp3) is 0.706. The number of piperidine rings is 1. The molecule has 0 radical (unpaired) electrons. The van der Waals surface area contributed by atoms with Crippen molar-refractivity contribution in [3.05, 3.63) is 22.4 Å². The van der Waals surface area contributed by atoms with Gasteiger partial charge >= 0.3 is 0 Å². The van der Waals surface area contributed by atoms with Crippen LogP contribution in [0.5, 0.6) is 0 Å². The molecule has 0 aliphatic carbocycles. The third-order valence-electron chi connectivity index (χ3n) is 4.20. The number of hydrogen-bond acceptors (Lipinski definition) is 3. The molecule has 6 heteroatoms. The molecular formula is C17H31IN4S. The van der Waals surface area contributed by atoms with Crippen LogP contribution < -0.4 is 10.6 Å². The molecule has 1 aromatic heterocycles. The molecule has 1 atom stereocenters. The first-order chi connectivity index (χ1) is 10.8. The van der Waals surface area contributed by atoms with Gasteiger partial charge in [0.25, 0.3) is 0 Å². The van der Waals surface area contributed by atoms with E-state index in [2.05, 4.69) is 51.2 Å². The van der Waals surface area contributed by atoms with Gasteiger partial charge in [0, 0.05) is 25.7 Å². The van der Waals surface area contributed by atoms with Crippen LogP contribution in [0, 0.1) is 0 Å². The van der Waals surface area contributed by atoms with Crippen LogP contribution >= 0.6 is 35.3 Å².